The molecule has 3 aliphatic rings. The largest absolute Gasteiger partial charge is 0.367 e. The lowest BCUT2D eigenvalue weighted by Crippen LogP contribution is -2.60. The van der Waals surface area contributed by atoms with Crippen LogP contribution in [0.1, 0.15) is 68.3 Å². The van der Waals surface area contributed by atoms with Crippen molar-refractivity contribution in [1.29, 1.82) is 0 Å². The molecule has 0 spiro atoms. The minimum atomic E-state index is -0.754. The van der Waals surface area contributed by atoms with Crippen LogP contribution in [0.3, 0.4) is 0 Å². The number of aromatic amines is 2. The Kier molecular flexibility index (Phi) is 8.32. The molecule has 0 unspecified atom stereocenters. The van der Waals surface area contributed by atoms with Crippen molar-refractivity contribution in [2.24, 2.45) is 5.73 Å². The van der Waals surface area contributed by atoms with Gasteiger partial charge in [-0.2, -0.15) is 0 Å². The zero-order chi connectivity index (χ0) is 34.2. The van der Waals surface area contributed by atoms with Crippen LogP contribution in [0.25, 0.3) is 33.6 Å². The number of carbonyl (C=O) groups excluding carboxylic acids is 2. The Bertz CT molecular complexity index is 2030. The van der Waals surface area contributed by atoms with E-state index >= 15 is 0 Å². The summed E-state index contributed by atoms with van der Waals surface area (Å²) in [6.07, 6.45) is 9.98. The van der Waals surface area contributed by atoms with Crippen molar-refractivity contribution >= 4 is 11.8 Å². The van der Waals surface area contributed by atoms with Gasteiger partial charge in [0, 0.05) is 18.8 Å². The number of hydrogen-bond acceptors (Lipinski definition) is 6. The van der Waals surface area contributed by atoms with Gasteiger partial charge < -0.3 is 30.8 Å². The molecule has 0 aliphatic carbocycles. The summed E-state index contributed by atoms with van der Waals surface area (Å²) in [5.41, 5.74) is 13.7. The predicted octanol–water partition coefficient (Wildman–Crippen LogP) is 6.26. The van der Waals surface area contributed by atoms with Crippen molar-refractivity contribution in [3.63, 3.8) is 0 Å². The average molecular weight is 667 g/mol. The molecule has 10 nitrogen and oxygen atoms in total. The molecule has 2 aromatic heterocycles. The number of rotatable bonds is 9. The fraction of sp³-hybridized carbons (Fsp3) is 0.300. The van der Waals surface area contributed by atoms with E-state index in [0.717, 1.165) is 88.8 Å². The van der Waals surface area contributed by atoms with Gasteiger partial charge in [-0.1, -0.05) is 78.9 Å². The molecule has 10 heteroatoms. The molecule has 0 radical (unpaired) electrons. The van der Waals surface area contributed by atoms with Gasteiger partial charge in [0.1, 0.15) is 17.3 Å². The molecule has 2 saturated heterocycles. The molecule has 0 saturated carbocycles. The van der Waals surface area contributed by atoms with Gasteiger partial charge in [0.2, 0.25) is 11.8 Å². The van der Waals surface area contributed by atoms with Crippen molar-refractivity contribution in [3.8, 4) is 33.6 Å². The number of nitrogens with one attached hydrogen (secondary N) is 3. The predicted molar refractivity (Wildman–Crippen MR) is 193 cm³/mol. The SMILES string of the molecule is CC1=C[C@@](N)(CC(=O)N2CCC[C@H]2c2ncc(-c3ccc(-c4ccc(-c5cnc([C@@H]6CCCN6C(=O)Cc6ccccc6)[nH]5)cc4)cc3)[nH]2)N1. The molecule has 5 aromatic rings. The van der Waals surface area contributed by atoms with E-state index in [1.165, 1.54) is 0 Å². The van der Waals surface area contributed by atoms with E-state index in [2.05, 4.69) is 68.8 Å². The fourth-order valence-electron chi connectivity index (χ4n) is 7.76. The summed E-state index contributed by atoms with van der Waals surface area (Å²) < 4.78 is 0. The van der Waals surface area contributed by atoms with Crippen LogP contribution < -0.4 is 11.1 Å². The van der Waals surface area contributed by atoms with Gasteiger partial charge in [-0.3, -0.25) is 9.59 Å². The third kappa shape index (κ3) is 6.34. The van der Waals surface area contributed by atoms with E-state index in [4.69, 9.17) is 10.7 Å². The average Bonchev–Trinajstić information content (AvgIpc) is 3.94. The van der Waals surface area contributed by atoms with Gasteiger partial charge in [-0.25, -0.2) is 9.97 Å². The second-order valence-electron chi connectivity index (χ2n) is 13.8. The number of hydrogen-bond donors (Lipinski definition) is 4. The second-order valence-corrected chi connectivity index (χ2v) is 13.8. The summed E-state index contributed by atoms with van der Waals surface area (Å²) >= 11 is 0. The summed E-state index contributed by atoms with van der Waals surface area (Å²) in [7, 11) is 0. The first kappa shape index (κ1) is 31.8. The number of carbonyl (C=O) groups is 2. The third-order valence-electron chi connectivity index (χ3n) is 10.2. The molecule has 3 aromatic carbocycles. The molecule has 2 amide bonds. The molecule has 8 rings (SSSR count). The normalized spacial score (nSPS) is 21.5. The lowest BCUT2D eigenvalue weighted by atomic mass is 9.97. The van der Waals surface area contributed by atoms with Gasteiger partial charge in [0.25, 0.3) is 0 Å². The van der Waals surface area contributed by atoms with Crippen LogP contribution in [0.4, 0.5) is 0 Å². The molecule has 254 valence electrons. The van der Waals surface area contributed by atoms with E-state index < -0.39 is 5.66 Å². The highest BCUT2D eigenvalue weighted by molar-refractivity contribution is 5.80. The van der Waals surface area contributed by atoms with Crippen molar-refractivity contribution in [2.75, 3.05) is 13.1 Å². The highest BCUT2D eigenvalue weighted by Gasteiger charge is 2.38. The molecule has 5 heterocycles. The van der Waals surface area contributed by atoms with Crippen LogP contribution in [-0.4, -0.2) is 60.3 Å². The van der Waals surface area contributed by atoms with Gasteiger partial charge in [-0.05, 0) is 66.5 Å². The standard InChI is InChI=1S/C40H42N8O2/c1-26-22-40(41,46-26)23-37(50)48-20-6-10-35(48)39-43-25-33(45-39)31-17-13-29(14-18-31)28-11-15-30(16-12-28)32-24-42-38(44-32)34-9-5-19-47(34)36(49)21-27-7-3-2-4-8-27/h2-4,7-8,11-18,22,24-25,34-35,46H,5-6,9-10,19-21,23,41H2,1H3,(H,42,44)(H,43,45)/t34-,35-,40-/m0/s1. The van der Waals surface area contributed by atoms with Crippen LogP contribution in [0.2, 0.25) is 0 Å². The van der Waals surface area contributed by atoms with Crippen molar-refractivity contribution in [1.82, 2.24) is 35.1 Å². The number of benzene rings is 3. The summed E-state index contributed by atoms with van der Waals surface area (Å²) in [4.78, 5) is 46.6. The first-order chi connectivity index (χ1) is 24.3. The maximum Gasteiger partial charge on any atom is 0.227 e. The Balaban J connectivity index is 0.908. The number of allylic oxidation sites excluding steroid dienone is 1. The number of likely N-dealkylation sites (tertiary alicyclic amines) is 2. The van der Waals surface area contributed by atoms with E-state index in [-0.39, 0.29) is 30.3 Å². The summed E-state index contributed by atoms with van der Waals surface area (Å²) in [5, 5.41) is 3.15. The Hall–Kier alpha value is -5.48. The molecule has 2 fully saturated rings. The van der Waals surface area contributed by atoms with Gasteiger partial charge in [0.15, 0.2) is 0 Å². The Morgan fingerprint density at radius 2 is 1.22 bits per heavy atom. The Morgan fingerprint density at radius 3 is 1.72 bits per heavy atom. The van der Waals surface area contributed by atoms with Crippen molar-refractivity contribution in [3.05, 3.63) is 120 Å². The van der Waals surface area contributed by atoms with E-state index in [9.17, 15) is 9.59 Å². The monoisotopic (exact) mass is 666 g/mol. The zero-order valence-corrected chi connectivity index (χ0v) is 28.2. The van der Waals surface area contributed by atoms with E-state index in [1.807, 2.05) is 65.5 Å². The van der Waals surface area contributed by atoms with Crippen LogP contribution in [-0.2, 0) is 16.0 Å². The molecule has 5 N–H and O–H groups in total. The molecule has 3 aliphatic heterocycles. The maximum absolute atomic E-state index is 13.2. The number of H-pyrrole nitrogens is 2. The van der Waals surface area contributed by atoms with Gasteiger partial charge >= 0.3 is 0 Å². The van der Waals surface area contributed by atoms with Crippen LogP contribution in [0.5, 0.6) is 0 Å². The fourth-order valence-corrected chi connectivity index (χ4v) is 7.76. The van der Waals surface area contributed by atoms with E-state index in [1.54, 1.807) is 0 Å². The number of nitrogens with zero attached hydrogens (tertiary/aromatic N) is 4. The highest BCUT2D eigenvalue weighted by Crippen LogP contribution is 2.35. The van der Waals surface area contributed by atoms with E-state index in [0.29, 0.717) is 13.0 Å². The Labute approximate surface area is 291 Å². The summed E-state index contributed by atoms with van der Waals surface area (Å²) in [5.74, 6) is 1.84. The minimum Gasteiger partial charge on any atom is -0.367 e. The third-order valence-corrected chi connectivity index (χ3v) is 10.2. The number of aromatic nitrogens is 4. The number of imidazole rings is 2. The molecular weight excluding hydrogens is 624 g/mol. The summed E-state index contributed by atoms with van der Waals surface area (Å²) in [6.45, 7) is 3.41. The molecule has 0 bridgehead atoms. The minimum absolute atomic E-state index is 0.0291. The molecule has 50 heavy (non-hydrogen) atoms. The van der Waals surface area contributed by atoms with Crippen molar-refractivity contribution < 1.29 is 9.59 Å². The van der Waals surface area contributed by atoms with Gasteiger partial charge in [-0.15, -0.1) is 0 Å². The summed E-state index contributed by atoms with van der Waals surface area (Å²) in [6, 6.07) is 26.7. The van der Waals surface area contributed by atoms with Crippen LogP contribution >= 0.6 is 0 Å². The molecule has 3 atom stereocenters. The lowest BCUT2D eigenvalue weighted by molar-refractivity contribution is -0.133. The maximum atomic E-state index is 13.2. The first-order valence-corrected chi connectivity index (χ1v) is 17.5. The Morgan fingerprint density at radius 1 is 0.740 bits per heavy atom. The topological polar surface area (TPSA) is 136 Å². The van der Waals surface area contributed by atoms with Gasteiger partial charge in [0.05, 0.1) is 48.7 Å². The quantitative estimate of drug-likeness (QED) is 0.147. The zero-order valence-electron chi connectivity index (χ0n) is 28.2. The smallest absolute Gasteiger partial charge is 0.227 e. The van der Waals surface area contributed by atoms with Crippen LogP contribution in [0.15, 0.2) is 103 Å². The lowest BCUT2D eigenvalue weighted by Gasteiger charge is -2.38. The number of amides is 2. The highest BCUT2D eigenvalue weighted by atomic mass is 16.2. The second kappa shape index (κ2) is 13.1. The van der Waals surface area contributed by atoms with Crippen molar-refractivity contribution in [2.45, 2.75) is 63.2 Å². The van der Waals surface area contributed by atoms with Crippen LogP contribution in [0, 0.1) is 0 Å². The molecular formula is C40H42N8O2. The number of nitrogens with two attached hydrogens (primary N) is 1. The first-order valence-electron chi connectivity index (χ1n) is 17.5.